The molecule has 2 aliphatic rings. The van der Waals surface area contributed by atoms with Gasteiger partial charge >= 0.3 is 0 Å². The van der Waals surface area contributed by atoms with Crippen molar-refractivity contribution >= 4 is 11.9 Å². The van der Waals surface area contributed by atoms with E-state index in [0.717, 1.165) is 36.3 Å². The highest BCUT2D eigenvalue weighted by Crippen LogP contribution is 2.28. The van der Waals surface area contributed by atoms with Crippen LogP contribution in [0.25, 0.3) is 23.0 Å². The molecule has 0 bridgehead atoms. The highest BCUT2D eigenvalue weighted by Gasteiger charge is 2.31. The van der Waals surface area contributed by atoms with Gasteiger partial charge in [0.2, 0.25) is 5.78 Å². The lowest BCUT2D eigenvalue weighted by Gasteiger charge is -2.39. The van der Waals surface area contributed by atoms with Gasteiger partial charge in [0.05, 0.1) is 11.8 Å². The summed E-state index contributed by atoms with van der Waals surface area (Å²) in [6.07, 6.45) is 16.2. The first kappa shape index (κ1) is 15.4. The molecular weight excluding hydrogens is 330 g/mol. The van der Waals surface area contributed by atoms with Crippen LogP contribution in [0.2, 0.25) is 0 Å². The summed E-state index contributed by atoms with van der Waals surface area (Å²) in [5.74, 6) is 0.705. The summed E-state index contributed by atoms with van der Waals surface area (Å²) in [6, 6.07) is 2.53. The van der Waals surface area contributed by atoms with E-state index in [0.29, 0.717) is 17.9 Å². The lowest BCUT2D eigenvalue weighted by Crippen LogP contribution is -2.55. The van der Waals surface area contributed by atoms with Crippen molar-refractivity contribution in [2.45, 2.75) is 31.9 Å². The highest BCUT2D eigenvalue weighted by atomic mass is 16.5. The lowest BCUT2D eigenvalue weighted by molar-refractivity contribution is -0.0235. The van der Waals surface area contributed by atoms with Gasteiger partial charge in [-0.15, -0.1) is 0 Å². The molecule has 5 rings (SSSR count). The number of fused-ring (bicyclic) bond motifs is 2. The largest absolute Gasteiger partial charge is 0.378 e. The molecule has 0 radical (unpaired) electrons. The van der Waals surface area contributed by atoms with Crippen molar-refractivity contribution in [2.24, 2.45) is 0 Å². The first-order valence-electron chi connectivity index (χ1n) is 8.92. The van der Waals surface area contributed by atoms with Crippen molar-refractivity contribution in [2.75, 3.05) is 12.1 Å². The molecule has 0 saturated heterocycles. The molecule has 1 fully saturated rings. The predicted octanol–water partition coefficient (Wildman–Crippen LogP) is 2.01. The Bertz CT molecular complexity index is 954. The molecule has 2 N–H and O–H groups in total. The Kier molecular flexibility index (Phi) is 3.65. The molecule has 1 saturated carbocycles. The maximum absolute atomic E-state index is 5.62. The fraction of sp³-hybridized carbons (Fsp3) is 0.333. The van der Waals surface area contributed by atoms with Crippen LogP contribution < -0.4 is 11.0 Å². The smallest absolute Gasteiger partial charge is 0.233 e. The molecule has 0 spiro atoms. The Morgan fingerprint density at radius 3 is 3.12 bits per heavy atom. The van der Waals surface area contributed by atoms with E-state index in [1.807, 2.05) is 52.1 Å². The molecule has 1 aliphatic heterocycles. The Morgan fingerprint density at radius 1 is 1.31 bits per heavy atom. The van der Waals surface area contributed by atoms with Crippen LogP contribution in [0.4, 0.5) is 0 Å². The number of nitrogens with zero attached hydrogens (tertiary/aromatic N) is 5. The zero-order chi connectivity index (χ0) is 17.5. The minimum atomic E-state index is 0.394. The topological polar surface area (TPSA) is 71.6 Å². The zero-order valence-electron chi connectivity index (χ0n) is 14.5. The predicted molar refractivity (Wildman–Crippen MR) is 98.2 cm³/mol. The van der Waals surface area contributed by atoms with Gasteiger partial charge in [0.1, 0.15) is 0 Å². The molecule has 8 nitrogen and oxygen atoms in total. The van der Waals surface area contributed by atoms with E-state index in [4.69, 9.17) is 4.74 Å². The standard InChI is InChI=1S/C18H21N7O/c1-2-26-15-9-14(10-15)21-25-7-4-17-16(3-6-24(17)22-25)13-11-20-18-19-5-8-23(18)12-13/h3-8,11-12,14-15,21-22H,2,9-10H2,1H3. The summed E-state index contributed by atoms with van der Waals surface area (Å²) < 4.78 is 9.54. The van der Waals surface area contributed by atoms with E-state index in [-0.39, 0.29) is 0 Å². The quantitative estimate of drug-likeness (QED) is 0.733. The van der Waals surface area contributed by atoms with Crippen LogP contribution in [-0.2, 0) is 4.74 Å². The summed E-state index contributed by atoms with van der Waals surface area (Å²) in [6.45, 7) is 2.83. The molecule has 0 atom stereocenters. The van der Waals surface area contributed by atoms with E-state index >= 15 is 0 Å². The van der Waals surface area contributed by atoms with Gasteiger partial charge in [0.25, 0.3) is 0 Å². The normalized spacial score (nSPS) is 21.5. The number of aromatic nitrogens is 4. The number of hydrogen-bond acceptors (Lipinski definition) is 6. The van der Waals surface area contributed by atoms with E-state index < -0.39 is 0 Å². The SMILES string of the molecule is CCOC1CC(NN2C=Cc3c(-c4cnc5nccn5c4)ccn3N2)C1. The van der Waals surface area contributed by atoms with Crippen LogP contribution in [-0.4, -0.2) is 42.9 Å². The first-order chi connectivity index (χ1) is 12.8. The van der Waals surface area contributed by atoms with Gasteiger partial charge in [0, 0.05) is 61.0 Å². The Labute approximate surface area is 151 Å². The molecule has 3 aromatic rings. The average Bonchev–Trinajstić information content (AvgIpc) is 3.25. The van der Waals surface area contributed by atoms with Crippen LogP contribution >= 0.6 is 0 Å². The summed E-state index contributed by atoms with van der Waals surface area (Å²) in [5.41, 5.74) is 10.1. The summed E-state index contributed by atoms with van der Waals surface area (Å²) >= 11 is 0. The van der Waals surface area contributed by atoms with Crippen LogP contribution in [0.5, 0.6) is 0 Å². The van der Waals surface area contributed by atoms with Crippen molar-refractivity contribution < 1.29 is 4.74 Å². The van der Waals surface area contributed by atoms with Gasteiger partial charge in [-0.25, -0.2) is 30.7 Å². The second kappa shape index (κ2) is 6.15. The Hall–Kier alpha value is -2.84. The minimum absolute atomic E-state index is 0.394. The van der Waals surface area contributed by atoms with Gasteiger partial charge in [-0.2, -0.15) is 0 Å². The fourth-order valence-corrected chi connectivity index (χ4v) is 3.51. The van der Waals surface area contributed by atoms with Crippen molar-refractivity contribution in [1.29, 1.82) is 0 Å². The monoisotopic (exact) mass is 351 g/mol. The third-order valence-electron chi connectivity index (χ3n) is 4.90. The lowest BCUT2D eigenvalue weighted by atomic mass is 9.90. The molecule has 0 amide bonds. The molecular formula is C18H21N7O. The summed E-state index contributed by atoms with van der Waals surface area (Å²) in [4.78, 5) is 8.60. The second-order valence-corrected chi connectivity index (χ2v) is 6.62. The summed E-state index contributed by atoms with van der Waals surface area (Å²) in [5, 5.41) is 1.90. The molecule has 0 aromatic carbocycles. The number of hydrogen-bond donors (Lipinski definition) is 2. The number of imidazole rings is 1. The number of hydrazine groups is 2. The second-order valence-electron chi connectivity index (χ2n) is 6.62. The van der Waals surface area contributed by atoms with Crippen molar-refractivity contribution in [3.63, 3.8) is 0 Å². The van der Waals surface area contributed by atoms with E-state index in [9.17, 15) is 0 Å². The molecule has 3 aromatic heterocycles. The number of nitrogens with one attached hydrogen (secondary N) is 2. The van der Waals surface area contributed by atoms with Gasteiger partial charge in [0.15, 0.2) is 0 Å². The molecule has 8 heteroatoms. The van der Waals surface area contributed by atoms with Gasteiger partial charge < -0.3 is 4.74 Å². The van der Waals surface area contributed by atoms with Gasteiger partial charge in [-0.1, -0.05) is 0 Å². The number of ether oxygens (including phenoxy) is 1. The van der Waals surface area contributed by atoms with Crippen LogP contribution in [0, 0.1) is 0 Å². The molecule has 4 heterocycles. The fourth-order valence-electron chi connectivity index (χ4n) is 3.51. The van der Waals surface area contributed by atoms with E-state index in [2.05, 4.69) is 33.1 Å². The average molecular weight is 351 g/mol. The Morgan fingerprint density at radius 2 is 2.23 bits per heavy atom. The van der Waals surface area contributed by atoms with E-state index in [1.54, 1.807) is 6.20 Å². The maximum atomic E-state index is 5.62. The number of rotatable bonds is 5. The van der Waals surface area contributed by atoms with Gasteiger partial charge in [-0.3, -0.25) is 4.40 Å². The highest BCUT2D eigenvalue weighted by molar-refractivity contribution is 5.74. The first-order valence-corrected chi connectivity index (χ1v) is 8.92. The zero-order valence-corrected chi connectivity index (χ0v) is 14.5. The van der Waals surface area contributed by atoms with Gasteiger partial charge in [-0.05, 0) is 31.9 Å². The molecule has 1 aliphatic carbocycles. The van der Waals surface area contributed by atoms with Crippen LogP contribution in [0.3, 0.4) is 0 Å². The third-order valence-corrected chi connectivity index (χ3v) is 4.90. The molecule has 26 heavy (non-hydrogen) atoms. The van der Waals surface area contributed by atoms with E-state index in [1.165, 1.54) is 0 Å². The van der Waals surface area contributed by atoms with Crippen LogP contribution in [0.15, 0.2) is 43.3 Å². The van der Waals surface area contributed by atoms with Crippen molar-refractivity contribution in [1.82, 2.24) is 29.6 Å². The van der Waals surface area contributed by atoms with Crippen molar-refractivity contribution in [3.05, 3.63) is 48.9 Å². The third kappa shape index (κ3) is 2.63. The van der Waals surface area contributed by atoms with Crippen LogP contribution in [0.1, 0.15) is 25.5 Å². The minimum Gasteiger partial charge on any atom is -0.378 e. The Balaban J connectivity index is 1.31. The van der Waals surface area contributed by atoms with Crippen molar-refractivity contribution in [3.8, 4) is 11.1 Å². The molecule has 0 unspecified atom stereocenters. The molecule has 134 valence electrons. The summed E-state index contributed by atoms with van der Waals surface area (Å²) in [7, 11) is 0. The maximum Gasteiger partial charge on any atom is 0.233 e.